The van der Waals surface area contributed by atoms with Gasteiger partial charge in [0, 0.05) is 11.5 Å². The molecule has 0 aliphatic heterocycles. The Balaban J connectivity index is 2.31. The average Bonchev–Trinajstić information content (AvgIpc) is 2.28. The van der Waals surface area contributed by atoms with Crippen molar-refractivity contribution in [1.29, 1.82) is 0 Å². The average molecular weight is 261 g/mol. The summed E-state index contributed by atoms with van der Waals surface area (Å²) in [6, 6.07) is 8.48. The van der Waals surface area contributed by atoms with E-state index in [0.29, 0.717) is 23.1 Å². The molecular weight excluding hydrogens is 234 g/mol. The lowest BCUT2D eigenvalue weighted by molar-refractivity contribution is 0.0808. The van der Waals surface area contributed by atoms with Gasteiger partial charge in [-0.3, -0.25) is 0 Å². The van der Waals surface area contributed by atoms with E-state index in [2.05, 4.69) is 45.0 Å². The molecule has 1 saturated carbocycles. The van der Waals surface area contributed by atoms with E-state index in [1.807, 2.05) is 12.1 Å². The molecule has 1 atom stereocenters. The minimum atomic E-state index is 0.293. The summed E-state index contributed by atoms with van der Waals surface area (Å²) in [4.78, 5) is 2.39. The summed E-state index contributed by atoms with van der Waals surface area (Å²) in [5.41, 5.74) is 1.69. The highest BCUT2D eigenvalue weighted by atomic mass is 16.3. The molecular formula is C17H27NO. The van der Waals surface area contributed by atoms with Crippen LogP contribution in [-0.2, 0) is 5.41 Å². The van der Waals surface area contributed by atoms with E-state index in [9.17, 15) is 5.11 Å². The van der Waals surface area contributed by atoms with E-state index >= 15 is 0 Å². The number of hydrogen-bond donors (Lipinski definition) is 1. The molecule has 1 aromatic carbocycles. The van der Waals surface area contributed by atoms with Crippen molar-refractivity contribution in [3.63, 3.8) is 0 Å². The van der Waals surface area contributed by atoms with Gasteiger partial charge in [-0.1, -0.05) is 32.4 Å². The molecule has 2 rings (SSSR count). The molecule has 1 N–H and O–H groups in total. The Hall–Kier alpha value is -1.02. The molecule has 1 aromatic rings. The Labute approximate surface area is 117 Å². The first-order valence-electron chi connectivity index (χ1n) is 7.41. The predicted molar refractivity (Wildman–Crippen MR) is 80.6 cm³/mol. The van der Waals surface area contributed by atoms with Crippen molar-refractivity contribution in [2.75, 3.05) is 14.1 Å². The third-order valence-electron chi connectivity index (χ3n) is 4.64. The van der Waals surface area contributed by atoms with Crippen LogP contribution in [0.3, 0.4) is 0 Å². The summed E-state index contributed by atoms with van der Waals surface area (Å²) in [6.45, 7) is 4.61. The molecule has 0 amide bonds. The summed E-state index contributed by atoms with van der Waals surface area (Å²) in [5.74, 6) is 1.07. The molecule has 0 aromatic heterocycles. The molecule has 0 saturated heterocycles. The van der Waals surface area contributed by atoms with E-state index in [-0.39, 0.29) is 0 Å². The van der Waals surface area contributed by atoms with E-state index in [1.165, 1.54) is 31.2 Å². The molecule has 106 valence electrons. The number of aromatic hydroxyl groups is 1. The minimum absolute atomic E-state index is 0.293. The maximum Gasteiger partial charge on any atom is 0.115 e. The van der Waals surface area contributed by atoms with Crippen molar-refractivity contribution in [1.82, 2.24) is 4.90 Å². The lowest BCUT2D eigenvalue weighted by Gasteiger charge is -2.51. The molecule has 1 aliphatic carbocycles. The molecule has 1 aliphatic rings. The molecule has 0 radical (unpaired) electrons. The van der Waals surface area contributed by atoms with Gasteiger partial charge in [-0.25, -0.2) is 0 Å². The zero-order valence-electron chi connectivity index (χ0n) is 12.7. The number of hydrogen-bond acceptors (Lipinski definition) is 2. The highest BCUT2D eigenvalue weighted by Gasteiger charge is 2.46. The van der Waals surface area contributed by atoms with Gasteiger partial charge in [0.1, 0.15) is 5.75 Å². The van der Waals surface area contributed by atoms with Gasteiger partial charge in [0.15, 0.2) is 0 Å². The molecule has 1 unspecified atom stereocenters. The number of phenolic OH excluding ortho intramolecular Hbond substituents is 1. The van der Waals surface area contributed by atoms with Gasteiger partial charge in [-0.2, -0.15) is 0 Å². The molecule has 0 heterocycles. The quantitative estimate of drug-likeness (QED) is 0.871. The Morgan fingerprint density at radius 1 is 1.16 bits per heavy atom. The maximum absolute atomic E-state index is 9.50. The second kappa shape index (κ2) is 5.54. The first-order valence-corrected chi connectivity index (χ1v) is 7.41. The number of nitrogens with zero attached hydrogens (tertiary/aromatic N) is 1. The number of benzene rings is 1. The number of phenols is 1. The Kier molecular flexibility index (Phi) is 4.19. The lowest BCUT2D eigenvalue weighted by atomic mass is 9.58. The smallest absolute Gasteiger partial charge is 0.115 e. The van der Waals surface area contributed by atoms with E-state index in [4.69, 9.17) is 0 Å². The van der Waals surface area contributed by atoms with Crippen LogP contribution in [-0.4, -0.2) is 30.1 Å². The molecule has 2 heteroatoms. The van der Waals surface area contributed by atoms with Gasteiger partial charge >= 0.3 is 0 Å². The molecule has 0 spiro atoms. The second-order valence-corrected chi connectivity index (χ2v) is 6.67. The van der Waals surface area contributed by atoms with Crippen LogP contribution in [0, 0.1) is 5.92 Å². The molecule has 2 nitrogen and oxygen atoms in total. The zero-order chi connectivity index (χ0) is 14.0. The normalized spacial score (nSPS) is 19.5. The first kappa shape index (κ1) is 14.4. The van der Waals surface area contributed by atoms with E-state index in [1.54, 1.807) is 0 Å². The fourth-order valence-electron chi connectivity index (χ4n) is 3.54. The van der Waals surface area contributed by atoms with Crippen molar-refractivity contribution in [3.05, 3.63) is 29.8 Å². The van der Waals surface area contributed by atoms with Crippen molar-refractivity contribution in [2.45, 2.75) is 51.0 Å². The maximum atomic E-state index is 9.50. The fourth-order valence-corrected chi connectivity index (χ4v) is 3.54. The van der Waals surface area contributed by atoms with E-state index in [0.717, 1.165) is 0 Å². The highest BCUT2D eigenvalue weighted by molar-refractivity contribution is 5.35. The summed E-state index contributed by atoms with van der Waals surface area (Å²) in [7, 11) is 4.40. The summed E-state index contributed by atoms with van der Waals surface area (Å²) >= 11 is 0. The number of likely N-dealkylation sites (N-methyl/N-ethyl adjacent to an activating group) is 1. The van der Waals surface area contributed by atoms with Crippen LogP contribution in [0.5, 0.6) is 5.75 Å². The monoisotopic (exact) mass is 261 g/mol. The van der Waals surface area contributed by atoms with Crippen LogP contribution >= 0.6 is 0 Å². The minimum Gasteiger partial charge on any atom is -0.508 e. The zero-order valence-corrected chi connectivity index (χ0v) is 12.7. The van der Waals surface area contributed by atoms with Gasteiger partial charge < -0.3 is 10.0 Å². The van der Waals surface area contributed by atoms with Crippen LogP contribution < -0.4 is 0 Å². The van der Waals surface area contributed by atoms with Crippen molar-refractivity contribution < 1.29 is 5.11 Å². The van der Waals surface area contributed by atoms with Crippen molar-refractivity contribution in [2.24, 2.45) is 5.92 Å². The van der Waals surface area contributed by atoms with Crippen LogP contribution in [0.2, 0.25) is 0 Å². The van der Waals surface area contributed by atoms with Crippen LogP contribution in [0.1, 0.15) is 45.1 Å². The van der Waals surface area contributed by atoms with Gasteiger partial charge in [-0.15, -0.1) is 0 Å². The van der Waals surface area contributed by atoms with Gasteiger partial charge in [0.05, 0.1) is 0 Å². The first-order chi connectivity index (χ1) is 8.95. The van der Waals surface area contributed by atoms with Crippen molar-refractivity contribution in [3.8, 4) is 5.75 Å². The SMILES string of the molecule is CC(C)CC(N(C)C)C1(c2ccc(O)cc2)CCC1. The number of rotatable bonds is 5. The summed E-state index contributed by atoms with van der Waals surface area (Å²) in [5, 5.41) is 9.50. The largest absolute Gasteiger partial charge is 0.508 e. The Bertz CT molecular complexity index is 404. The van der Waals surface area contributed by atoms with Crippen LogP contribution in [0.4, 0.5) is 0 Å². The topological polar surface area (TPSA) is 23.5 Å². The Morgan fingerprint density at radius 2 is 1.74 bits per heavy atom. The lowest BCUT2D eigenvalue weighted by Crippen LogP contribution is -2.52. The molecule has 19 heavy (non-hydrogen) atoms. The fraction of sp³-hybridized carbons (Fsp3) is 0.647. The third-order valence-corrected chi connectivity index (χ3v) is 4.64. The highest BCUT2D eigenvalue weighted by Crippen LogP contribution is 2.49. The van der Waals surface area contributed by atoms with Gasteiger partial charge in [0.25, 0.3) is 0 Å². The Morgan fingerprint density at radius 3 is 2.11 bits per heavy atom. The summed E-state index contributed by atoms with van der Waals surface area (Å²) < 4.78 is 0. The third kappa shape index (κ3) is 2.79. The second-order valence-electron chi connectivity index (χ2n) is 6.67. The molecule has 1 fully saturated rings. The van der Waals surface area contributed by atoms with Gasteiger partial charge in [0.2, 0.25) is 0 Å². The van der Waals surface area contributed by atoms with Crippen molar-refractivity contribution >= 4 is 0 Å². The summed E-state index contributed by atoms with van der Waals surface area (Å²) in [6.07, 6.45) is 5.10. The predicted octanol–water partition coefficient (Wildman–Crippen LogP) is 3.79. The van der Waals surface area contributed by atoms with Gasteiger partial charge in [-0.05, 0) is 57.0 Å². The molecule has 0 bridgehead atoms. The van der Waals surface area contributed by atoms with Crippen LogP contribution in [0.15, 0.2) is 24.3 Å². The standard InChI is InChI=1S/C17H27NO/c1-13(2)12-16(18(3)4)17(10-5-11-17)14-6-8-15(19)9-7-14/h6-9,13,16,19H,5,10-12H2,1-4H3. The van der Waals surface area contributed by atoms with E-state index < -0.39 is 0 Å². The van der Waals surface area contributed by atoms with Crippen LogP contribution in [0.25, 0.3) is 0 Å².